The lowest BCUT2D eigenvalue weighted by molar-refractivity contribution is -0.139. The molecule has 2 aromatic rings. The number of nitrogens with one attached hydrogen (secondary N) is 1. The molecular weight excluding hydrogens is 286 g/mol. The number of aliphatic carboxylic acids is 1. The number of hydrogen-bond donors (Lipinski definition) is 2. The second kappa shape index (κ2) is 9.11. The van der Waals surface area contributed by atoms with Crippen LogP contribution >= 0.6 is 0 Å². The molecule has 0 aromatic heterocycles. The van der Waals surface area contributed by atoms with Crippen molar-refractivity contribution < 1.29 is 9.90 Å². The van der Waals surface area contributed by atoms with Gasteiger partial charge in [-0.1, -0.05) is 74.0 Å². The minimum atomic E-state index is -0.789. The SMILES string of the molecule is CCCC(Cc1ccccc1)N[C@H](Cc1ccccc1)C(=O)O. The molecule has 2 rings (SSSR count). The summed E-state index contributed by atoms with van der Waals surface area (Å²) in [6.45, 7) is 2.13. The van der Waals surface area contributed by atoms with Crippen LogP contribution in [-0.2, 0) is 17.6 Å². The van der Waals surface area contributed by atoms with Crippen LogP contribution in [0.1, 0.15) is 30.9 Å². The zero-order valence-corrected chi connectivity index (χ0v) is 13.6. The molecule has 0 saturated heterocycles. The summed E-state index contributed by atoms with van der Waals surface area (Å²) in [6.07, 6.45) is 3.36. The van der Waals surface area contributed by atoms with Gasteiger partial charge in [-0.2, -0.15) is 0 Å². The van der Waals surface area contributed by atoms with Gasteiger partial charge < -0.3 is 10.4 Å². The van der Waals surface area contributed by atoms with E-state index in [1.807, 2.05) is 48.5 Å². The highest BCUT2D eigenvalue weighted by Crippen LogP contribution is 2.11. The van der Waals surface area contributed by atoms with E-state index in [0.717, 1.165) is 24.8 Å². The lowest BCUT2D eigenvalue weighted by Crippen LogP contribution is -2.45. The van der Waals surface area contributed by atoms with Crippen LogP contribution in [0, 0.1) is 0 Å². The Morgan fingerprint density at radius 2 is 1.48 bits per heavy atom. The number of benzene rings is 2. The molecule has 3 heteroatoms. The van der Waals surface area contributed by atoms with Crippen molar-refractivity contribution in [1.82, 2.24) is 5.32 Å². The smallest absolute Gasteiger partial charge is 0.321 e. The van der Waals surface area contributed by atoms with Gasteiger partial charge in [0.05, 0.1) is 0 Å². The topological polar surface area (TPSA) is 49.3 Å². The van der Waals surface area contributed by atoms with E-state index in [1.165, 1.54) is 5.56 Å². The summed E-state index contributed by atoms with van der Waals surface area (Å²) < 4.78 is 0. The van der Waals surface area contributed by atoms with E-state index < -0.39 is 12.0 Å². The van der Waals surface area contributed by atoms with Crippen LogP contribution in [0.4, 0.5) is 0 Å². The Morgan fingerprint density at radius 1 is 0.957 bits per heavy atom. The predicted octanol–water partition coefficient (Wildman–Crippen LogP) is 3.68. The van der Waals surface area contributed by atoms with Crippen LogP contribution in [0.2, 0.25) is 0 Å². The zero-order valence-electron chi connectivity index (χ0n) is 13.6. The van der Waals surface area contributed by atoms with Gasteiger partial charge >= 0.3 is 5.97 Å². The molecule has 23 heavy (non-hydrogen) atoms. The van der Waals surface area contributed by atoms with Gasteiger partial charge in [-0.15, -0.1) is 0 Å². The summed E-state index contributed by atoms with van der Waals surface area (Å²) in [5, 5.41) is 12.9. The molecule has 0 bridgehead atoms. The van der Waals surface area contributed by atoms with Crippen molar-refractivity contribution in [1.29, 1.82) is 0 Å². The minimum absolute atomic E-state index is 0.173. The van der Waals surface area contributed by atoms with Gasteiger partial charge in [0, 0.05) is 6.04 Å². The Morgan fingerprint density at radius 3 is 1.96 bits per heavy atom. The fourth-order valence-corrected chi connectivity index (χ4v) is 2.84. The van der Waals surface area contributed by atoms with Gasteiger partial charge in [-0.05, 0) is 30.4 Å². The third-order valence-electron chi connectivity index (χ3n) is 3.98. The number of carboxylic acid groups (broad SMARTS) is 1. The Balaban J connectivity index is 2.03. The van der Waals surface area contributed by atoms with Crippen LogP contribution in [-0.4, -0.2) is 23.2 Å². The summed E-state index contributed by atoms with van der Waals surface area (Å²) in [4.78, 5) is 11.6. The van der Waals surface area contributed by atoms with Gasteiger partial charge in [-0.3, -0.25) is 4.79 Å². The van der Waals surface area contributed by atoms with Gasteiger partial charge in [0.25, 0.3) is 0 Å². The Kier molecular flexibility index (Phi) is 6.82. The molecule has 2 aromatic carbocycles. The molecule has 0 spiro atoms. The van der Waals surface area contributed by atoms with E-state index >= 15 is 0 Å². The molecular formula is C20H25NO2. The lowest BCUT2D eigenvalue weighted by atomic mass is 9.99. The van der Waals surface area contributed by atoms with Crippen molar-refractivity contribution in [3.63, 3.8) is 0 Å². The first-order chi connectivity index (χ1) is 11.2. The monoisotopic (exact) mass is 311 g/mol. The molecule has 0 heterocycles. The first-order valence-corrected chi connectivity index (χ1v) is 8.25. The largest absolute Gasteiger partial charge is 0.480 e. The molecule has 0 fully saturated rings. The first-order valence-electron chi connectivity index (χ1n) is 8.25. The van der Waals surface area contributed by atoms with E-state index in [2.05, 4.69) is 24.4 Å². The van der Waals surface area contributed by atoms with Crippen LogP contribution in [0.5, 0.6) is 0 Å². The second-order valence-electron chi connectivity index (χ2n) is 5.92. The lowest BCUT2D eigenvalue weighted by Gasteiger charge is -2.23. The first kappa shape index (κ1) is 17.2. The van der Waals surface area contributed by atoms with Crippen molar-refractivity contribution in [2.75, 3.05) is 0 Å². The van der Waals surface area contributed by atoms with E-state index in [4.69, 9.17) is 0 Å². The predicted molar refractivity (Wildman–Crippen MR) is 93.5 cm³/mol. The Bertz CT molecular complexity index is 583. The molecule has 0 saturated carbocycles. The number of hydrogen-bond acceptors (Lipinski definition) is 2. The van der Waals surface area contributed by atoms with Crippen molar-refractivity contribution in [2.45, 2.75) is 44.7 Å². The van der Waals surface area contributed by atoms with E-state index in [-0.39, 0.29) is 6.04 Å². The number of carboxylic acids is 1. The summed E-state index contributed by atoms with van der Waals surface area (Å²) in [6, 6.07) is 19.6. The van der Waals surface area contributed by atoms with E-state index in [1.54, 1.807) is 0 Å². The average molecular weight is 311 g/mol. The second-order valence-corrected chi connectivity index (χ2v) is 5.92. The van der Waals surface area contributed by atoms with Crippen LogP contribution in [0.25, 0.3) is 0 Å². The van der Waals surface area contributed by atoms with E-state index in [0.29, 0.717) is 6.42 Å². The van der Waals surface area contributed by atoms with Gasteiger partial charge in [0.2, 0.25) is 0 Å². The Labute approximate surface area is 138 Å². The molecule has 2 N–H and O–H groups in total. The molecule has 122 valence electrons. The normalized spacial score (nSPS) is 13.4. The maximum Gasteiger partial charge on any atom is 0.321 e. The fourth-order valence-electron chi connectivity index (χ4n) is 2.84. The number of rotatable bonds is 9. The third-order valence-corrected chi connectivity index (χ3v) is 3.98. The maximum atomic E-state index is 11.6. The molecule has 1 unspecified atom stereocenters. The molecule has 0 aliphatic carbocycles. The highest BCUT2D eigenvalue weighted by Gasteiger charge is 2.21. The van der Waals surface area contributed by atoms with E-state index in [9.17, 15) is 9.90 Å². The summed E-state index contributed by atoms with van der Waals surface area (Å²) in [7, 11) is 0. The fraction of sp³-hybridized carbons (Fsp3) is 0.350. The van der Waals surface area contributed by atoms with Crippen molar-refractivity contribution in [3.05, 3.63) is 71.8 Å². The quantitative estimate of drug-likeness (QED) is 0.742. The minimum Gasteiger partial charge on any atom is -0.480 e. The van der Waals surface area contributed by atoms with Gasteiger partial charge in [-0.25, -0.2) is 0 Å². The molecule has 2 atom stereocenters. The van der Waals surface area contributed by atoms with Crippen LogP contribution in [0.15, 0.2) is 60.7 Å². The number of carbonyl (C=O) groups is 1. The summed E-state index contributed by atoms with van der Waals surface area (Å²) >= 11 is 0. The molecule has 3 nitrogen and oxygen atoms in total. The third kappa shape index (κ3) is 5.87. The van der Waals surface area contributed by atoms with Crippen molar-refractivity contribution in [2.24, 2.45) is 0 Å². The highest BCUT2D eigenvalue weighted by atomic mass is 16.4. The average Bonchev–Trinajstić information content (AvgIpc) is 2.56. The molecule has 0 aliphatic rings. The molecule has 0 radical (unpaired) electrons. The van der Waals surface area contributed by atoms with Crippen molar-refractivity contribution >= 4 is 5.97 Å². The Hall–Kier alpha value is -2.13. The standard InChI is InChI=1S/C20H25NO2/c1-2-9-18(14-16-10-5-3-6-11-16)21-19(20(22)23)15-17-12-7-4-8-13-17/h3-8,10-13,18-19,21H,2,9,14-15H2,1H3,(H,22,23)/t18?,19-/m1/s1. The summed E-state index contributed by atoms with van der Waals surface area (Å²) in [5.74, 6) is -0.789. The highest BCUT2D eigenvalue weighted by molar-refractivity contribution is 5.74. The molecule has 0 amide bonds. The zero-order chi connectivity index (χ0) is 16.5. The summed E-state index contributed by atoms with van der Waals surface area (Å²) in [5.41, 5.74) is 2.28. The van der Waals surface area contributed by atoms with Gasteiger partial charge in [0.1, 0.15) is 6.04 Å². The van der Waals surface area contributed by atoms with Crippen LogP contribution < -0.4 is 5.32 Å². The van der Waals surface area contributed by atoms with Crippen molar-refractivity contribution in [3.8, 4) is 0 Å². The van der Waals surface area contributed by atoms with Crippen LogP contribution in [0.3, 0.4) is 0 Å². The molecule has 0 aliphatic heterocycles. The van der Waals surface area contributed by atoms with Gasteiger partial charge in [0.15, 0.2) is 0 Å². The maximum absolute atomic E-state index is 11.6.